The van der Waals surface area contributed by atoms with Gasteiger partial charge in [0.1, 0.15) is 0 Å². The third-order valence-electron chi connectivity index (χ3n) is 3.26. The Morgan fingerprint density at radius 2 is 1.93 bits per heavy atom. The standard InChI is InChI=1S/C12H24N2O/c1-4-11(10-7-8-10)13-9-12(15)14(5-2)6-3/h10-11,13H,4-9H2,1-3H3. The summed E-state index contributed by atoms with van der Waals surface area (Å²) in [6.45, 7) is 8.39. The Bertz CT molecular complexity index is 198. The summed E-state index contributed by atoms with van der Waals surface area (Å²) < 4.78 is 0. The Morgan fingerprint density at radius 1 is 1.33 bits per heavy atom. The Labute approximate surface area is 93.2 Å². The van der Waals surface area contributed by atoms with Gasteiger partial charge in [-0.2, -0.15) is 0 Å². The predicted octanol–water partition coefficient (Wildman–Crippen LogP) is 1.63. The third-order valence-corrected chi connectivity index (χ3v) is 3.26. The molecule has 1 amide bonds. The van der Waals surface area contributed by atoms with Gasteiger partial charge in [0.2, 0.25) is 5.91 Å². The molecule has 1 aliphatic carbocycles. The van der Waals surface area contributed by atoms with Crippen LogP contribution in [0.5, 0.6) is 0 Å². The van der Waals surface area contributed by atoms with E-state index in [2.05, 4.69) is 12.2 Å². The van der Waals surface area contributed by atoms with Gasteiger partial charge in [0, 0.05) is 19.1 Å². The zero-order chi connectivity index (χ0) is 11.3. The fraction of sp³-hybridized carbons (Fsp3) is 0.917. The van der Waals surface area contributed by atoms with Crippen molar-refractivity contribution in [3.63, 3.8) is 0 Å². The second kappa shape index (κ2) is 6.11. The molecule has 0 bridgehead atoms. The average Bonchev–Trinajstić information content (AvgIpc) is 3.05. The number of likely N-dealkylation sites (N-methyl/N-ethyl adjacent to an activating group) is 1. The van der Waals surface area contributed by atoms with E-state index in [9.17, 15) is 4.79 Å². The molecular weight excluding hydrogens is 188 g/mol. The van der Waals surface area contributed by atoms with Crippen molar-refractivity contribution < 1.29 is 4.79 Å². The zero-order valence-electron chi connectivity index (χ0n) is 10.3. The van der Waals surface area contributed by atoms with Gasteiger partial charge in [-0.1, -0.05) is 6.92 Å². The predicted molar refractivity (Wildman–Crippen MR) is 62.7 cm³/mol. The first-order chi connectivity index (χ1) is 7.22. The summed E-state index contributed by atoms with van der Waals surface area (Å²) in [5.41, 5.74) is 0. The molecule has 1 rings (SSSR count). The van der Waals surface area contributed by atoms with E-state index in [0.717, 1.165) is 25.4 Å². The van der Waals surface area contributed by atoms with Crippen LogP contribution >= 0.6 is 0 Å². The second-order valence-electron chi connectivity index (χ2n) is 4.30. The van der Waals surface area contributed by atoms with Gasteiger partial charge in [0.05, 0.1) is 6.54 Å². The first-order valence-electron chi connectivity index (χ1n) is 6.24. The molecular formula is C12H24N2O. The Hall–Kier alpha value is -0.570. The largest absolute Gasteiger partial charge is 0.342 e. The smallest absolute Gasteiger partial charge is 0.236 e. The lowest BCUT2D eigenvalue weighted by Crippen LogP contribution is -2.42. The molecule has 0 radical (unpaired) electrons. The normalized spacial score (nSPS) is 17.5. The monoisotopic (exact) mass is 212 g/mol. The first kappa shape index (κ1) is 12.5. The first-order valence-corrected chi connectivity index (χ1v) is 6.24. The molecule has 3 nitrogen and oxygen atoms in total. The molecule has 1 atom stereocenters. The second-order valence-corrected chi connectivity index (χ2v) is 4.30. The number of nitrogens with one attached hydrogen (secondary N) is 1. The molecule has 0 saturated heterocycles. The van der Waals surface area contributed by atoms with Gasteiger partial charge >= 0.3 is 0 Å². The molecule has 0 aromatic rings. The highest BCUT2D eigenvalue weighted by atomic mass is 16.2. The number of carbonyl (C=O) groups excluding carboxylic acids is 1. The van der Waals surface area contributed by atoms with E-state index in [1.165, 1.54) is 12.8 Å². The summed E-state index contributed by atoms with van der Waals surface area (Å²) in [5, 5.41) is 3.39. The van der Waals surface area contributed by atoms with E-state index < -0.39 is 0 Å². The molecule has 0 aliphatic heterocycles. The molecule has 0 aromatic heterocycles. The number of amides is 1. The van der Waals surface area contributed by atoms with Crippen molar-refractivity contribution in [2.75, 3.05) is 19.6 Å². The Balaban J connectivity index is 2.24. The van der Waals surface area contributed by atoms with Crippen LogP contribution in [-0.2, 0) is 4.79 Å². The zero-order valence-corrected chi connectivity index (χ0v) is 10.3. The summed E-state index contributed by atoms with van der Waals surface area (Å²) in [7, 11) is 0. The van der Waals surface area contributed by atoms with Crippen molar-refractivity contribution in [1.29, 1.82) is 0 Å². The minimum Gasteiger partial charge on any atom is -0.342 e. The summed E-state index contributed by atoms with van der Waals surface area (Å²) in [6, 6.07) is 0.560. The van der Waals surface area contributed by atoms with Crippen molar-refractivity contribution in [3.05, 3.63) is 0 Å². The van der Waals surface area contributed by atoms with E-state index in [4.69, 9.17) is 0 Å². The van der Waals surface area contributed by atoms with E-state index in [1.807, 2.05) is 18.7 Å². The summed E-state index contributed by atoms with van der Waals surface area (Å²) >= 11 is 0. The summed E-state index contributed by atoms with van der Waals surface area (Å²) in [6.07, 6.45) is 3.81. The maximum absolute atomic E-state index is 11.7. The molecule has 15 heavy (non-hydrogen) atoms. The fourth-order valence-electron chi connectivity index (χ4n) is 2.05. The molecule has 1 fully saturated rings. The number of nitrogens with zero attached hydrogens (tertiary/aromatic N) is 1. The van der Waals surface area contributed by atoms with Gasteiger partial charge in [-0.15, -0.1) is 0 Å². The van der Waals surface area contributed by atoms with Crippen LogP contribution in [0.2, 0.25) is 0 Å². The minimum absolute atomic E-state index is 0.235. The fourth-order valence-corrected chi connectivity index (χ4v) is 2.05. The van der Waals surface area contributed by atoms with Gasteiger partial charge in [-0.3, -0.25) is 4.79 Å². The van der Waals surface area contributed by atoms with Crippen LogP contribution in [0.15, 0.2) is 0 Å². The molecule has 3 heteroatoms. The SMILES string of the molecule is CCC(NCC(=O)N(CC)CC)C1CC1. The van der Waals surface area contributed by atoms with Crippen molar-refractivity contribution >= 4 is 5.91 Å². The number of rotatable bonds is 7. The van der Waals surface area contributed by atoms with Crippen LogP contribution in [0, 0.1) is 5.92 Å². The Kier molecular flexibility index (Phi) is 5.09. The lowest BCUT2D eigenvalue weighted by Gasteiger charge is -2.21. The van der Waals surface area contributed by atoms with E-state index in [-0.39, 0.29) is 5.91 Å². The number of hydrogen-bond donors (Lipinski definition) is 1. The van der Waals surface area contributed by atoms with Crippen LogP contribution in [0.1, 0.15) is 40.0 Å². The van der Waals surface area contributed by atoms with Crippen molar-refractivity contribution in [3.8, 4) is 0 Å². The lowest BCUT2D eigenvalue weighted by molar-refractivity contribution is -0.130. The highest BCUT2D eigenvalue weighted by Crippen LogP contribution is 2.33. The minimum atomic E-state index is 0.235. The van der Waals surface area contributed by atoms with Crippen molar-refractivity contribution in [2.24, 2.45) is 5.92 Å². The van der Waals surface area contributed by atoms with Gasteiger partial charge in [0.15, 0.2) is 0 Å². The van der Waals surface area contributed by atoms with Crippen LogP contribution in [0.3, 0.4) is 0 Å². The van der Waals surface area contributed by atoms with Gasteiger partial charge in [-0.25, -0.2) is 0 Å². The van der Waals surface area contributed by atoms with E-state index >= 15 is 0 Å². The number of carbonyl (C=O) groups is 1. The van der Waals surface area contributed by atoms with Gasteiger partial charge < -0.3 is 10.2 Å². The van der Waals surface area contributed by atoms with Crippen LogP contribution in [0.4, 0.5) is 0 Å². The maximum atomic E-state index is 11.7. The molecule has 1 N–H and O–H groups in total. The summed E-state index contributed by atoms with van der Waals surface area (Å²) in [5.74, 6) is 1.07. The van der Waals surface area contributed by atoms with Crippen LogP contribution in [0.25, 0.3) is 0 Å². The molecule has 88 valence electrons. The molecule has 0 aromatic carbocycles. The van der Waals surface area contributed by atoms with Gasteiger partial charge in [0.25, 0.3) is 0 Å². The quantitative estimate of drug-likeness (QED) is 0.695. The summed E-state index contributed by atoms with van der Waals surface area (Å²) in [4.78, 5) is 13.6. The highest BCUT2D eigenvalue weighted by molar-refractivity contribution is 5.78. The van der Waals surface area contributed by atoms with Crippen molar-refractivity contribution in [2.45, 2.75) is 46.1 Å². The number of hydrogen-bond acceptors (Lipinski definition) is 2. The molecule has 0 heterocycles. The van der Waals surface area contributed by atoms with E-state index in [1.54, 1.807) is 0 Å². The Morgan fingerprint density at radius 3 is 2.33 bits per heavy atom. The average molecular weight is 212 g/mol. The van der Waals surface area contributed by atoms with Crippen LogP contribution < -0.4 is 5.32 Å². The van der Waals surface area contributed by atoms with E-state index in [0.29, 0.717) is 12.6 Å². The highest BCUT2D eigenvalue weighted by Gasteiger charge is 2.29. The van der Waals surface area contributed by atoms with Gasteiger partial charge in [-0.05, 0) is 39.0 Å². The lowest BCUT2D eigenvalue weighted by atomic mass is 10.1. The topological polar surface area (TPSA) is 32.3 Å². The van der Waals surface area contributed by atoms with Crippen molar-refractivity contribution in [1.82, 2.24) is 10.2 Å². The molecule has 1 saturated carbocycles. The maximum Gasteiger partial charge on any atom is 0.236 e. The third kappa shape index (κ3) is 3.82. The molecule has 1 unspecified atom stereocenters. The van der Waals surface area contributed by atoms with Crippen LogP contribution in [-0.4, -0.2) is 36.5 Å². The molecule has 0 spiro atoms. The molecule has 1 aliphatic rings.